The lowest BCUT2D eigenvalue weighted by Crippen LogP contribution is -1.98. The highest BCUT2D eigenvalue weighted by Crippen LogP contribution is 2.37. The van der Waals surface area contributed by atoms with Gasteiger partial charge in [0.1, 0.15) is 11.2 Å². The first-order valence-electron chi connectivity index (χ1n) is 14.7. The van der Waals surface area contributed by atoms with E-state index in [1.807, 2.05) is 103 Å². The zero-order valence-corrected chi connectivity index (χ0v) is 24.1. The van der Waals surface area contributed by atoms with Gasteiger partial charge in [0.15, 0.2) is 5.82 Å². The molecule has 3 aromatic heterocycles. The maximum Gasteiger partial charge on any atom is 0.160 e. The lowest BCUT2D eigenvalue weighted by atomic mass is 9.98. The number of hydrogen-bond acceptors (Lipinski definition) is 5. The van der Waals surface area contributed by atoms with Crippen molar-refractivity contribution < 1.29 is 4.42 Å². The summed E-state index contributed by atoms with van der Waals surface area (Å²) < 4.78 is 6.09. The fourth-order valence-corrected chi connectivity index (χ4v) is 5.80. The zero-order chi connectivity index (χ0) is 30.2. The molecule has 0 bridgehead atoms. The van der Waals surface area contributed by atoms with E-state index >= 15 is 0 Å². The van der Waals surface area contributed by atoms with Gasteiger partial charge < -0.3 is 4.42 Å². The van der Waals surface area contributed by atoms with Gasteiger partial charge in [0.25, 0.3) is 0 Å². The van der Waals surface area contributed by atoms with Crippen LogP contribution in [0.5, 0.6) is 0 Å². The van der Waals surface area contributed by atoms with Crippen molar-refractivity contribution in [2.24, 2.45) is 0 Å². The highest BCUT2D eigenvalue weighted by atomic mass is 16.3. The summed E-state index contributed by atoms with van der Waals surface area (Å²) in [5, 5.41) is 11.6. The fourth-order valence-electron chi connectivity index (χ4n) is 5.80. The van der Waals surface area contributed by atoms with Crippen LogP contribution in [0, 0.1) is 11.3 Å². The Morgan fingerprint density at radius 2 is 1.24 bits per heavy atom. The standard InChI is InChI=1S/C40H24N4O/c41-25-26-9-6-12-28(21-26)29-13-7-14-31(22-29)35-24-36(44-40(43-35)27-10-2-1-3-11-27)39-32(16-8-20-42-39)30-18-19-38-34(23-30)33-15-4-5-17-37(33)45-38/h1-24H. The molecule has 0 radical (unpaired) electrons. The minimum absolute atomic E-state index is 0.618. The molecule has 8 rings (SSSR count). The van der Waals surface area contributed by atoms with Crippen molar-refractivity contribution in [1.29, 1.82) is 5.26 Å². The second-order valence-corrected chi connectivity index (χ2v) is 10.8. The minimum atomic E-state index is 0.618. The van der Waals surface area contributed by atoms with Crippen LogP contribution in [0.1, 0.15) is 5.56 Å². The van der Waals surface area contributed by atoms with Crippen LogP contribution < -0.4 is 0 Å². The van der Waals surface area contributed by atoms with Gasteiger partial charge in [-0.1, -0.05) is 91.0 Å². The highest BCUT2D eigenvalue weighted by Gasteiger charge is 2.17. The van der Waals surface area contributed by atoms with Crippen LogP contribution in [0.25, 0.3) is 78.2 Å². The molecule has 210 valence electrons. The average Bonchev–Trinajstić information content (AvgIpc) is 3.50. The third-order valence-electron chi connectivity index (χ3n) is 7.98. The van der Waals surface area contributed by atoms with Crippen LogP contribution in [0.4, 0.5) is 0 Å². The summed E-state index contributed by atoms with van der Waals surface area (Å²) in [6, 6.07) is 48.5. The van der Waals surface area contributed by atoms with E-state index in [1.165, 1.54) is 0 Å². The lowest BCUT2D eigenvalue weighted by Gasteiger charge is -2.13. The molecule has 45 heavy (non-hydrogen) atoms. The van der Waals surface area contributed by atoms with Crippen LogP contribution in [-0.4, -0.2) is 15.0 Å². The first kappa shape index (κ1) is 26.3. The number of hydrogen-bond donors (Lipinski definition) is 0. The number of furan rings is 1. The Labute approximate surface area is 259 Å². The van der Waals surface area contributed by atoms with Crippen LogP contribution in [0.15, 0.2) is 150 Å². The second-order valence-electron chi connectivity index (χ2n) is 10.8. The first-order valence-corrected chi connectivity index (χ1v) is 14.7. The van der Waals surface area contributed by atoms with E-state index in [9.17, 15) is 5.26 Å². The van der Waals surface area contributed by atoms with E-state index in [4.69, 9.17) is 19.4 Å². The van der Waals surface area contributed by atoms with Crippen LogP contribution >= 0.6 is 0 Å². The second kappa shape index (κ2) is 11.0. The summed E-state index contributed by atoms with van der Waals surface area (Å²) in [6.45, 7) is 0. The predicted molar refractivity (Wildman–Crippen MR) is 179 cm³/mol. The number of aromatic nitrogens is 3. The third kappa shape index (κ3) is 4.91. The van der Waals surface area contributed by atoms with Crippen LogP contribution in [-0.2, 0) is 0 Å². The molecule has 5 nitrogen and oxygen atoms in total. The summed E-state index contributed by atoms with van der Waals surface area (Å²) in [5.74, 6) is 0.618. The van der Waals surface area contributed by atoms with Crippen LogP contribution in [0.3, 0.4) is 0 Å². The van der Waals surface area contributed by atoms with E-state index in [0.29, 0.717) is 11.4 Å². The molecule has 0 N–H and O–H groups in total. The number of pyridine rings is 1. The van der Waals surface area contributed by atoms with E-state index in [1.54, 1.807) is 6.20 Å². The summed E-state index contributed by atoms with van der Waals surface area (Å²) in [4.78, 5) is 15.0. The van der Waals surface area contributed by atoms with E-state index in [-0.39, 0.29) is 0 Å². The zero-order valence-electron chi connectivity index (χ0n) is 24.1. The molecule has 3 heterocycles. The molecule has 0 aliphatic rings. The fraction of sp³-hybridized carbons (Fsp3) is 0. The number of rotatable bonds is 5. The van der Waals surface area contributed by atoms with Gasteiger partial charge in [-0.15, -0.1) is 0 Å². The topological polar surface area (TPSA) is 75.6 Å². The molecule has 0 atom stereocenters. The first-order chi connectivity index (χ1) is 22.2. The van der Waals surface area contributed by atoms with Crippen molar-refractivity contribution >= 4 is 21.9 Å². The maximum absolute atomic E-state index is 9.43. The normalized spacial score (nSPS) is 11.1. The van der Waals surface area contributed by atoms with Crippen molar-refractivity contribution in [3.63, 3.8) is 0 Å². The van der Waals surface area contributed by atoms with Gasteiger partial charge in [0, 0.05) is 33.7 Å². The van der Waals surface area contributed by atoms with Gasteiger partial charge in [-0.25, -0.2) is 9.97 Å². The quantitative estimate of drug-likeness (QED) is 0.204. The number of para-hydroxylation sites is 1. The number of nitriles is 1. The van der Waals surface area contributed by atoms with Crippen molar-refractivity contribution in [3.05, 3.63) is 151 Å². The molecule has 5 heteroatoms. The van der Waals surface area contributed by atoms with Crippen LogP contribution in [0.2, 0.25) is 0 Å². The Morgan fingerprint density at radius 3 is 2.13 bits per heavy atom. The molecule has 0 fully saturated rings. The van der Waals surface area contributed by atoms with Gasteiger partial charge >= 0.3 is 0 Å². The summed E-state index contributed by atoms with van der Waals surface area (Å²) >= 11 is 0. The molecule has 0 aliphatic heterocycles. The number of benzene rings is 5. The lowest BCUT2D eigenvalue weighted by molar-refractivity contribution is 0.669. The van der Waals surface area contributed by atoms with Crippen molar-refractivity contribution in [2.75, 3.05) is 0 Å². The molecular weight excluding hydrogens is 552 g/mol. The summed E-state index contributed by atoms with van der Waals surface area (Å²) in [7, 11) is 0. The largest absolute Gasteiger partial charge is 0.456 e. The Balaban J connectivity index is 1.30. The van der Waals surface area contributed by atoms with Crippen molar-refractivity contribution in [2.45, 2.75) is 0 Å². The van der Waals surface area contributed by atoms with Crippen molar-refractivity contribution in [1.82, 2.24) is 15.0 Å². The molecular formula is C40H24N4O. The van der Waals surface area contributed by atoms with Gasteiger partial charge in [-0.05, 0) is 65.2 Å². The predicted octanol–water partition coefficient (Wildman–Crippen LogP) is 9.98. The number of nitrogens with zero attached hydrogens (tertiary/aromatic N) is 4. The van der Waals surface area contributed by atoms with Gasteiger partial charge in [0.05, 0.1) is 28.7 Å². The molecule has 0 saturated heterocycles. The minimum Gasteiger partial charge on any atom is -0.456 e. The Morgan fingerprint density at radius 1 is 0.511 bits per heavy atom. The van der Waals surface area contributed by atoms with Gasteiger partial charge in [-0.3, -0.25) is 4.98 Å². The molecule has 0 amide bonds. The maximum atomic E-state index is 9.43. The van der Waals surface area contributed by atoms with Gasteiger partial charge in [-0.2, -0.15) is 5.26 Å². The summed E-state index contributed by atoms with van der Waals surface area (Å²) in [5.41, 5.74) is 10.4. The number of fused-ring (bicyclic) bond motifs is 3. The average molecular weight is 577 g/mol. The Kier molecular flexibility index (Phi) is 6.44. The van der Waals surface area contributed by atoms with Crippen molar-refractivity contribution in [3.8, 4) is 62.4 Å². The molecule has 0 unspecified atom stereocenters. The molecule has 0 spiro atoms. The molecule has 5 aromatic carbocycles. The molecule has 0 saturated carbocycles. The Bertz CT molecular complexity index is 2400. The third-order valence-corrected chi connectivity index (χ3v) is 7.98. The summed E-state index contributed by atoms with van der Waals surface area (Å²) in [6.07, 6.45) is 1.80. The van der Waals surface area contributed by atoms with E-state index in [2.05, 4.69) is 42.5 Å². The smallest absolute Gasteiger partial charge is 0.160 e. The monoisotopic (exact) mass is 576 g/mol. The van der Waals surface area contributed by atoms with Gasteiger partial charge in [0.2, 0.25) is 0 Å². The molecule has 8 aromatic rings. The van der Waals surface area contributed by atoms with E-state index < -0.39 is 0 Å². The van der Waals surface area contributed by atoms with E-state index in [0.717, 1.165) is 72.4 Å². The molecule has 0 aliphatic carbocycles. The Hall–Kier alpha value is -6.38. The highest BCUT2D eigenvalue weighted by molar-refractivity contribution is 6.06. The SMILES string of the molecule is N#Cc1cccc(-c2cccc(-c3cc(-c4ncccc4-c4ccc5oc6ccccc6c5c4)nc(-c4ccccc4)n3)c2)c1.